The Morgan fingerprint density at radius 2 is 2.04 bits per heavy atom. The molecule has 1 aliphatic heterocycles. The van der Waals surface area contributed by atoms with E-state index in [0.29, 0.717) is 12.3 Å². The molecule has 142 valence electrons. The fourth-order valence-electron chi connectivity index (χ4n) is 2.62. The van der Waals surface area contributed by atoms with E-state index in [2.05, 4.69) is 10.6 Å². The molecule has 1 atom stereocenters. The number of carbonyl (C=O) groups is 3. The van der Waals surface area contributed by atoms with Crippen molar-refractivity contribution < 1.29 is 19.1 Å². The number of ether oxygens (including phenoxy) is 1. The summed E-state index contributed by atoms with van der Waals surface area (Å²) in [6.07, 6.45) is 0.148. The van der Waals surface area contributed by atoms with E-state index in [1.807, 2.05) is 30.0 Å². The van der Waals surface area contributed by atoms with E-state index in [9.17, 15) is 14.4 Å². The van der Waals surface area contributed by atoms with Gasteiger partial charge in [-0.1, -0.05) is 19.1 Å². The van der Waals surface area contributed by atoms with Gasteiger partial charge in [0.15, 0.2) is 6.10 Å². The zero-order valence-electron chi connectivity index (χ0n) is 15.4. The Bertz CT molecular complexity index is 664. The van der Waals surface area contributed by atoms with Crippen LogP contribution in [0.15, 0.2) is 24.3 Å². The predicted molar refractivity (Wildman–Crippen MR) is 98.1 cm³/mol. The molecule has 0 spiro atoms. The maximum Gasteiger partial charge on any atom is 0.262 e. The van der Waals surface area contributed by atoms with Crippen molar-refractivity contribution in [2.24, 2.45) is 0 Å². The number of nitrogens with zero attached hydrogens (tertiary/aromatic N) is 2. The third-order valence-corrected chi connectivity index (χ3v) is 4.11. The molecule has 0 unspecified atom stereocenters. The second-order valence-electron chi connectivity index (χ2n) is 6.17. The lowest BCUT2D eigenvalue weighted by molar-refractivity contribution is -0.133. The summed E-state index contributed by atoms with van der Waals surface area (Å²) >= 11 is 0. The maximum atomic E-state index is 12.5. The highest BCUT2D eigenvalue weighted by atomic mass is 16.5. The lowest BCUT2D eigenvalue weighted by Gasteiger charge is -2.35. The zero-order valence-corrected chi connectivity index (χ0v) is 15.4. The molecule has 0 saturated heterocycles. The van der Waals surface area contributed by atoms with Gasteiger partial charge in [0.2, 0.25) is 11.8 Å². The van der Waals surface area contributed by atoms with Gasteiger partial charge in [0.05, 0.1) is 25.3 Å². The Morgan fingerprint density at radius 1 is 1.31 bits per heavy atom. The second kappa shape index (κ2) is 9.07. The third kappa shape index (κ3) is 4.87. The quantitative estimate of drug-likeness (QED) is 0.712. The number of fused-ring (bicyclic) bond motifs is 1. The highest BCUT2D eigenvalue weighted by Crippen LogP contribution is 2.32. The van der Waals surface area contributed by atoms with E-state index < -0.39 is 6.10 Å². The minimum atomic E-state index is -0.687. The molecule has 2 N–H and O–H groups in total. The van der Waals surface area contributed by atoms with Crippen LogP contribution in [-0.4, -0.2) is 69.0 Å². The van der Waals surface area contributed by atoms with Crippen LogP contribution < -0.4 is 20.3 Å². The highest BCUT2D eigenvalue weighted by molar-refractivity contribution is 5.88. The molecule has 1 aliphatic rings. The summed E-state index contributed by atoms with van der Waals surface area (Å²) < 4.78 is 5.80. The van der Waals surface area contributed by atoms with Crippen molar-refractivity contribution in [2.45, 2.75) is 19.4 Å². The monoisotopic (exact) mass is 362 g/mol. The van der Waals surface area contributed by atoms with Gasteiger partial charge < -0.3 is 25.2 Å². The van der Waals surface area contributed by atoms with E-state index in [-0.39, 0.29) is 37.4 Å². The van der Waals surface area contributed by atoms with E-state index in [4.69, 9.17) is 4.74 Å². The normalized spacial score (nSPS) is 15.5. The van der Waals surface area contributed by atoms with Gasteiger partial charge in [0.1, 0.15) is 5.75 Å². The molecule has 0 fully saturated rings. The van der Waals surface area contributed by atoms with Crippen LogP contribution in [0.4, 0.5) is 5.69 Å². The molecular weight excluding hydrogens is 336 g/mol. The summed E-state index contributed by atoms with van der Waals surface area (Å²) in [7, 11) is 3.10. The van der Waals surface area contributed by atoms with Gasteiger partial charge in [-0.05, 0) is 18.6 Å². The van der Waals surface area contributed by atoms with Gasteiger partial charge in [0.25, 0.3) is 5.91 Å². The van der Waals surface area contributed by atoms with Crippen molar-refractivity contribution >= 4 is 23.4 Å². The molecule has 8 heteroatoms. The Balaban J connectivity index is 2.11. The number of anilines is 1. The molecule has 1 heterocycles. The second-order valence-corrected chi connectivity index (χ2v) is 6.17. The molecule has 0 bridgehead atoms. The number of hydrogen-bond acceptors (Lipinski definition) is 5. The van der Waals surface area contributed by atoms with Gasteiger partial charge in [-0.15, -0.1) is 0 Å². The summed E-state index contributed by atoms with van der Waals surface area (Å²) in [5.41, 5.74) is 0.758. The van der Waals surface area contributed by atoms with Crippen molar-refractivity contribution in [1.29, 1.82) is 0 Å². The maximum absolute atomic E-state index is 12.5. The van der Waals surface area contributed by atoms with Crippen LogP contribution in [0.5, 0.6) is 5.75 Å². The minimum absolute atomic E-state index is 0.0122. The average Bonchev–Trinajstić information content (AvgIpc) is 2.65. The summed E-state index contributed by atoms with van der Waals surface area (Å²) in [6, 6.07) is 7.30. The van der Waals surface area contributed by atoms with Crippen molar-refractivity contribution in [3.8, 4) is 5.75 Å². The molecular formula is C18H26N4O4. The van der Waals surface area contributed by atoms with E-state index in [1.165, 1.54) is 11.9 Å². The number of para-hydroxylation sites is 2. The number of amides is 3. The van der Waals surface area contributed by atoms with E-state index in [0.717, 1.165) is 12.1 Å². The van der Waals surface area contributed by atoms with Gasteiger partial charge >= 0.3 is 0 Å². The lowest BCUT2D eigenvalue weighted by Crippen LogP contribution is -2.52. The van der Waals surface area contributed by atoms with Crippen molar-refractivity contribution in [3.63, 3.8) is 0 Å². The molecule has 3 amide bonds. The first-order chi connectivity index (χ1) is 12.5. The number of carbonyl (C=O) groups excluding carboxylic acids is 3. The van der Waals surface area contributed by atoms with Crippen LogP contribution in [0.1, 0.15) is 13.3 Å². The molecule has 0 radical (unpaired) electrons. The predicted octanol–water partition coefficient (Wildman–Crippen LogP) is -0.0154. The first-order valence-electron chi connectivity index (χ1n) is 8.69. The molecule has 2 rings (SSSR count). The van der Waals surface area contributed by atoms with Crippen LogP contribution in [-0.2, 0) is 14.4 Å². The van der Waals surface area contributed by atoms with Crippen LogP contribution in [0.2, 0.25) is 0 Å². The molecule has 1 aromatic rings. The SMILES string of the molecule is CCCNC(=O)[C@H]1CN(CC(=O)N(C)CC(=O)NC)c2ccccc2O1. The molecule has 0 aliphatic carbocycles. The van der Waals surface area contributed by atoms with Crippen LogP contribution in [0.25, 0.3) is 0 Å². The van der Waals surface area contributed by atoms with Crippen molar-refractivity contribution in [2.75, 3.05) is 45.2 Å². The fourth-order valence-corrected chi connectivity index (χ4v) is 2.62. The molecule has 8 nitrogen and oxygen atoms in total. The smallest absolute Gasteiger partial charge is 0.262 e. The Kier molecular flexibility index (Phi) is 6.82. The largest absolute Gasteiger partial charge is 0.477 e. The van der Waals surface area contributed by atoms with E-state index >= 15 is 0 Å². The van der Waals surface area contributed by atoms with Crippen LogP contribution in [0, 0.1) is 0 Å². The Labute approximate surface area is 153 Å². The fraction of sp³-hybridized carbons (Fsp3) is 0.500. The number of benzene rings is 1. The molecule has 0 aromatic heterocycles. The summed E-state index contributed by atoms with van der Waals surface area (Å²) in [5.74, 6) is -0.0762. The average molecular weight is 362 g/mol. The zero-order chi connectivity index (χ0) is 19.1. The summed E-state index contributed by atoms with van der Waals surface area (Å²) in [4.78, 5) is 39.4. The van der Waals surface area contributed by atoms with Crippen molar-refractivity contribution in [3.05, 3.63) is 24.3 Å². The number of nitrogens with one attached hydrogen (secondary N) is 2. The standard InChI is InChI=1S/C18H26N4O4/c1-4-9-20-18(25)15-10-22(13-7-5-6-8-14(13)26-15)12-17(24)21(3)11-16(23)19-2/h5-8,15H,4,9-12H2,1-3H3,(H,19,23)(H,20,25)/t15-/m1/s1. The van der Waals surface area contributed by atoms with Crippen molar-refractivity contribution in [1.82, 2.24) is 15.5 Å². The summed E-state index contributed by atoms with van der Waals surface area (Å²) in [5, 5.41) is 5.32. The molecule has 26 heavy (non-hydrogen) atoms. The Hall–Kier alpha value is -2.77. The van der Waals surface area contributed by atoms with Crippen LogP contribution in [0.3, 0.4) is 0 Å². The van der Waals surface area contributed by atoms with Gasteiger partial charge in [-0.2, -0.15) is 0 Å². The minimum Gasteiger partial charge on any atom is -0.477 e. The topological polar surface area (TPSA) is 91.0 Å². The Morgan fingerprint density at radius 3 is 2.73 bits per heavy atom. The van der Waals surface area contributed by atoms with Crippen LogP contribution >= 0.6 is 0 Å². The molecule has 1 aromatic carbocycles. The first-order valence-corrected chi connectivity index (χ1v) is 8.69. The summed E-state index contributed by atoms with van der Waals surface area (Å²) in [6.45, 7) is 2.87. The molecule has 0 saturated carbocycles. The third-order valence-electron chi connectivity index (χ3n) is 4.11. The van der Waals surface area contributed by atoms with E-state index in [1.54, 1.807) is 13.1 Å². The van der Waals surface area contributed by atoms with Gasteiger partial charge in [-0.25, -0.2) is 0 Å². The number of hydrogen-bond donors (Lipinski definition) is 2. The number of rotatable bonds is 7. The lowest BCUT2D eigenvalue weighted by atomic mass is 10.1. The van der Waals surface area contributed by atoms with Gasteiger partial charge in [0, 0.05) is 20.6 Å². The first kappa shape index (κ1) is 19.6. The highest BCUT2D eigenvalue weighted by Gasteiger charge is 2.31. The van der Waals surface area contributed by atoms with Gasteiger partial charge in [-0.3, -0.25) is 14.4 Å². The number of likely N-dealkylation sites (N-methyl/N-ethyl adjacent to an activating group) is 2.